The highest BCUT2D eigenvalue weighted by molar-refractivity contribution is 7.99. The minimum absolute atomic E-state index is 0.0753. The zero-order valence-corrected chi connectivity index (χ0v) is 19.6. The molecule has 0 unspecified atom stereocenters. The lowest BCUT2D eigenvalue weighted by Crippen LogP contribution is -2.41. The number of nitrogens with one attached hydrogen (secondary N) is 1. The number of methoxy groups -OCH3 is 1. The van der Waals surface area contributed by atoms with Gasteiger partial charge in [0.05, 0.1) is 32.3 Å². The maximum atomic E-state index is 12.2. The molecule has 0 atom stereocenters. The molecule has 1 saturated heterocycles. The van der Waals surface area contributed by atoms with Crippen molar-refractivity contribution in [2.24, 2.45) is 0 Å². The number of thioether (sulfide) groups is 1. The predicted molar refractivity (Wildman–Crippen MR) is 126 cm³/mol. The minimum atomic E-state index is 0.0753. The monoisotopic (exact) mass is 471 g/mol. The van der Waals surface area contributed by atoms with Crippen LogP contribution in [0.25, 0.3) is 17.3 Å². The molecule has 3 heterocycles. The summed E-state index contributed by atoms with van der Waals surface area (Å²) in [5, 5.41) is 12.5. The second-order valence-electron chi connectivity index (χ2n) is 7.55. The van der Waals surface area contributed by atoms with Gasteiger partial charge in [-0.2, -0.15) is 0 Å². The molecule has 0 bridgehead atoms. The van der Waals surface area contributed by atoms with Crippen molar-refractivity contribution in [2.45, 2.75) is 18.0 Å². The third-order valence-electron chi connectivity index (χ3n) is 5.33. The van der Waals surface area contributed by atoms with Gasteiger partial charge in [-0.3, -0.25) is 14.3 Å². The molecular formula is C23H29N5O4S. The Kier molecular flexibility index (Phi) is 8.40. The van der Waals surface area contributed by atoms with E-state index >= 15 is 0 Å². The third kappa shape index (κ3) is 6.16. The first kappa shape index (κ1) is 23.3. The van der Waals surface area contributed by atoms with Crippen LogP contribution in [-0.4, -0.2) is 77.8 Å². The van der Waals surface area contributed by atoms with Crippen molar-refractivity contribution in [1.29, 1.82) is 0 Å². The molecule has 10 heteroatoms. The number of carbonyl (C=O) groups excluding carboxylic acids is 1. The summed E-state index contributed by atoms with van der Waals surface area (Å²) >= 11 is 1.56. The molecular weight excluding hydrogens is 442 g/mol. The van der Waals surface area contributed by atoms with Gasteiger partial charge in [-0.05, 0) is 30.7 Å². The van der Waals surface area contributed by atoms with Crippen LogP contribution in [0.2, 0.25) is 0 Å². The molecule has 0 spiro atoms. The largest absolute Gasteiger partial charge is 0.495 e. The van der Waals surface area contributed by atoms with Gasteiger partial charge in [0.25, 0.3) is 0 Å². The number of nitrogens with zero attached hydrogens (tertiary/aromatic N) is 4. The van der Waals surface area contributed by atoms with Gasteiger partial charge < -0.3 is 19.2 Å². The SMILES string of the molecule is COc1ccccc1-n1c(SCCCC(=O)NCCN2CCOCC2)nnc1-c1ccco1. The average Bonchev–Trinajstić information content (AvgIpc) is 3.52. The van der Waals surface area contributed by atoms with Crippen LogP contribution in [0.4, 0.5) is 0 Å². The summed E-state index contributed by atoms with van der Waals surface area (Å²) in [5.41, 5.74) is 0.833. The quantitative estimate of drug-likeness (QED) is 0.337. The zero-order valence-electron chi connectivity index (χ0n) is 18.7. The highest BCUT2D eigenvalue weighted by Crippen LogP contribution is 2.32. The Morgan fingerprint density at radius 3 is 2.82 bits per heavy atom. The summed E-state index contributed by atoms with van der Waals surface area (Å²) in [6.45, 7) is 4.93. The van der Waals surface area contributed by atoms with Crippen LogP contribution in [0, 0.1) is 0 Å². The van der Waals surface area contributed by atoms with E-state index in [0.29, 0.717) is 30.3 Å². The van der Waals surface area contributed by atoms with Crippen molar-refractivity contribution in [3.8, 4) is 23.0 Å². The molecule has 33 heavy (non-hydrogen) atoms. The molecule has 1 fully saturated rings. The van der Waals surface area contributed by atoms with Crippen LogP contribution >= 0.6 is 11.8 Å². The van der Waals surface area contributed by atoms with Gasteiger partial charge in [-0.15, -0.1) is 10.2 Å². The predicted octanol–water partition coefficient (Wildman–Crippen LogP) is 2.86. The van der Waals surface area contributed by atoms with Gasteiger partial charge in [-0.1, -0.05) is 23.9 Å². The Morgan fingerprint density at radius 1 is 1.18 bits per heavy atom. The maximum Gasteiger partial charge on any atom is 0.220 e. The summed E-state index contributed by atoms with van der Waals surface area (Å²) < 4.78 is 18.4. The van der Waals surface area contributed by atoms with E-state index in [1.165, 1.54) is 0 Å². The van der Waals surface area contributed by atoms with Gasteiger partial charge in [0.15, 0.2) is 10.9 Å². The van der Waals surface area contributed by atoms with Crippen LogP contribution in [0.3, 0.4) is 0 Å². The van der Waals surface area contributed by atoms with E-state index in [0.717, 1.165) is 55.9 Å². The smallest absolute Gasteiger partial charge is 0.220 e. The van der Waals surface area contributed by atoms with Crippen LogP contribution in [0.1, 0.15) is 12.8 Å². The Morgan fingerprint density at radius 2 is 2.03 bits per heavy atom. The van der Waals surface area contributed by atoms with E-state index in [2.05, 4.69) is 20.4 Å². The van der Waals surface area contributed by atoms with E-state index in [4.69, 9.17) is 13.9 Å². The Balaban J connectivity index is 1.33. The first-order chi connectivity index (χ1) is 16.3. The molecule has 0 radical (unpaired) electrons. The van der Waals surface area contributed by atoms with Crippen molar-refractivity contribution < 1.29 is 18.7 Å². The normalized spacial score (nSPS) is 14.3. The number of furan rings is 1. The molecule has 1 aliphatic heterocycles. The van der Waals surface area contributed by atoms with Gasteiger partial charge >= 0.3 is 0 Å². The van der Waals surface area contributed by atoms with Crippen LogP contribution in [-0.2, 0) is 9.53 Å². The first-order valence-electron chi connectivity index (χ1n) is 11.1. The number of para-hydroxylation sites is 2. The fourth-order valence-electron chi connectivity index (χ4n) is 3.62. The van der Waals surface area contributed by atoms with E-state index in [-0.39, 0.29) is 5.91 Å². The molecule has 2 aromatic heterocycles. The maximum absolute atomic E-state index is 12.2. The number of aromatic nitrogens is 3. The molecule has 1 aromatic carbocycles. The first-order valence-corrected chi connectivity index (χ1v) is 12.1. The van der Waals surface area contributed by atoms with Gasteiger partial charge in [0, 0.05) is 38.4 Å². The number of carbonyl (C=O) groups is 1. The summed E-state index contributed by atoms with van der Waals surface area (Å²) in [6, 6.07) is 11.4. The van der Waals surface area contributed by atoms with E-state index < -0.39 is 0 Å². The number of amides is 1. The second-order valence-corrected chi connectivity index (χ2v) is 8.61. The number of hydrogen-bond acceptors (Lipinski definition) is 8. The lowest BCUT2D eigenvalue weighted by Gasteiger charge is -2.26. The van der Waals surface area contributed by atoms with Crippen molar-refractivity contribution >= 4 is 17.7 Å². The fraction of sp³-hybridized carbons (Fsp3) is 0.435. The number of ether oxygens (including phenoxy) is 2. The average molecular weight is 472 g/mol. The lowest BCUT2D eigenvalue weighted by atomic mass is 10.3. The molecule has 0 aliphatic carbocycles. The molecule has 1 amide bonds. The van der Waals surface area contributed by atoms with Gasteiger partial charge in [-0.25, -0.2) is 0 Å². The Bertz CT molecular complexity index is 1020. The van der Waals surface area contributed by atoms with Crippen molar-refractivity contribution in [3.05, 3.63) is 42.7 Å². The van der Waals surface area contributed by atoms with Crippen LogP contribution < -0.4 is 10.1 Å². The van der Waals surface area contributed by atoms with E-state index in [9.17, 15) is 4.79 Å². The lowest BCUT2D eigenvalue weighted by molar-refractivity contribution is -0.121. The van der Waals surface area contributed by atoms with Crippen molar-refractivity contribution in [2.75, 3.05) is 52.3 Å². The number of benzene rings is 1. The number of hydrogen-bond donors (Lipinski definition) is 1. The molecule has 1 N–H and O–H groups in total. The summed E-state index contributed by atoms with van der Waals surface area (Å²) in [6.07, 6.45) is 2.83. The molecule has 0 saturated carbocycles. The van der Waals surface area contributed by atoms with Crippen molar-refractivity contribution in [3.63, 3.8) is 0 Å². The molecule has 1 aliphatic rings. The topological polar surface area (TPSA) is 94.7 Å². The standard InChI is InChI=1S/C23H29N5O4S/c1-30-19-7-3-2-6-18(19)28-22(20-8-4-14-32-20)25-26-23(28)33-17-5-9-21(29)24-10-11-27-12-15-31-16-13-27/h2-4,6-8,14H,5,9-13,15-17H2,1H3,(H,24,29). The van der Waals surface area contributed by atoms with Crippen LogP contribution in [0.15, 0.2) is 52.2 Å². The fourth-order valence-corrected chi connectivity index (χ4v) is 4.51. The number of morpholine rings is 1. The number of rotatable bonds is 11. The van der Waals surface area contributed by atoms with Gasteiger partial charge in [0.1, 0.15) is 5.75 Å². The van der Waals surface area contributed by atoms with Crippen LogP contribution in [0.5, 0.6) is 5.75 Å². The zero-order chi connectivity index (χ0) is 22.9. The summed E-state index contributed by atoms with van der Waals surface area (Å²) in [7, 11) is 1.64. The highest BCUT2D eigenvalue weighted by Gasteiger charge is 2.20. The molecule has 4 rings (SSSR count). The Hall–Kier alpha value is -2.82. The summed E-state index contributed by atoms with van der Waals surface area (Å²) in [5.74, 6) is 2.76. The third-order valence-corrected chi connectivity index (χ3v) is 6.35. The summed E-state index contributed by atoms with van der Waals surface area (Å²) in [4.78, 5) is 14.5. The molecule has 176 valence electrons. The highest BCUT2D eigenvalue weighted by atomic mass is 32.2. The Labute approximate surface area is 197 Å². The molecule has 9 nitrogen and oxygen atoms in total. The van der Waals surface area contributed by atoms with E-state index in [1.54, 1.807) is 25.1 Å². The minimum Gasteiger partial charge on any atom is -0.495 e. The second kappa shape index (κ2) is 11.9. The van der Waals surface area contributed by atoms with Crippen molar-refractivity contribution in [1.82, 2.24) is 25.0 Å². The van der Waals surface area contributed by atoms with Gasteiger partial charge in [0.2, 0.25) is 11.7 Å². The van der Waals surface area contributed by atoms with E-state index in [1.807, 2.05) is 41.0 Å². The molecule has 3 aromatic rings.